The van der Waals surface area contributed by atoms with Crippen LogP contribution in [0.15, 0.2) is 53.4 Å². The number of imidazole rings is 1. The Hall–Kier alpha value is -4.42. The number of rotatable bonds is 5. The topological polar surface area (TPSA) is 199 Å². The number of amidine groups is 1. The summed E-state index contributed by atoms with van der Waals surface area (Å²) in [4.78, 5) is 21.4. The number of aromatic hydroxyl groups is 2. The Labute approximate surface area is 200 Å². The number of benzene rings is 3. The molecule has 0 unspecified atom stereocenters. The normalized spacial score (nSPS) is 11.5. The van der Waals surface area contributed by atoms with E-state index >= 15 is 0 Å². The molecule has 0 fully saturated rings. The molecule has 0 aliphatic heterocycles. The van der Waals surface area contributed by atoms with Gasteiger partial charge in [0, 0.05) is 36.3 Å². The number of phenols is 2. The first-order chi connectivity index (χ1) is 16.4. The van der Waals surface area contributed by atoms with Crippen molar-refractivity contribution < 1.29 is 23.4 Å². The largest absolute Gasteiger partial charge is 0.507 e. The Bertz CT molecular complexity index is 1630. The quantitative estimate of drug-likeness (QED) is 0.180. The lowest BCUT2D eigenvalue weighted by atomic mass is 9.96. The highest BCUT2D eigenvalue weighted by atomic mass is 32.2. The maximum Gasteiger partial charge on any atom is 0.253 e. The fraction of sp³-hybridized carbons (Fsp3) is 0.0870. The predicted octanol–water partition coefficient (Wildman–Crippen LogP) is 1.94. The average Bonchev–Trinajstić information content (AvgIpc) is 3.21. The van der Waals surface area contributed by atoms with E-state index in [2.05, 4.69) is 9.97 Å². The zero-order valence-corrected chi connectivity index (χ0v) is 19.5. The van der Waals surface area contributed by atoms with Gasteiger partial charge in [-0.15, -0.1) is 0 Å². The standard InChI is InChI=1S/C23H22N6O5S/c1-29(2)23(32)12-7-15(14-10-13(35(26,33)34)4-6-19(14)30)20(31)16(8-12)22-27-17-5-3-11(21(24)25)9-18(17)28-22/h3-10,30-31H,1-2H3,(H3,24,25)(H,27,28)(H2,26,33,34). The number of sulfonamides is 1. The molecule has 0 atom stereocenters. The van der Waals surface area contributed by atoms with Gasteiger partial charge in [-0.25, -0.2) is 18.5 Å². The lowest BCUT2D eigenvalue weighted by Gasteiger charge is -2.16. The molecule has 8 N–H and O–H groups in total. The number of aromatic amines is 1. The second-order valence-corrected chi connectivity index (χ2v) is 9.64. The van der Waals surface area contributed by atoms with Crippen molar-refractivity contribution in [2.75, 3.05) is 14.1 Å². The smallest absolute Gasteiger partial charge is 0.253 e. The lowest BCUT2D eigenvalue weighted by molar-refractivity contribution is 0.0827. The number of amides is 1. The van der Waals surface area contributed by atoms with E-state index in [1.54, 1.807) is 32.3 Å². The first-order valence-electron chi connectivity index (χ1n) is 10.2. The first kappa shape index (κ1) is 23.7. The summed E-state index contributed by atoms with van der Waals surface area (Å²) in [5, 5.41) is 34.5. The predicted molar refractivity (Wildman–Crippen MR) is 131 cm³/mol. The van der Waals surface area contributed by atoms with Crippen LogP contribution in [0.3, 0.4) is 0 Å². The van der Waals surface area contributed by atoms with Crippen LogP contribution in [0.2, 0.25) is 0 Å². The number of hydrogen-bond donors (Lipinski definition) is 6. The molecule has 0 aliphatic carbocycles. The molecule has 0 saturated carbocycles. The number of nitrogens with two attached hydrogens (primary N) is 2. The Morgan fingerprint density at radius 3 is 2.31 bits per heavy atom. The maximum atomic E-state index is 12.8. The molecular formula is C23H22N6O5S. The van der Waals surface area contributed by atoms with Gasteiger partial charge < -0.3 is 25.8 Å². The molecule has 0 bridgehead atoms. The zero-order chi connectivity index (χ0) is 25.7. The molecule has 11 nitrogen and oxygen atoms in total. The Kier molecular flexibility index (Phi) is 5.71. The number of carbonyl (C=O) groups is 1. The Balaban J connectivity index is 2.00. The molecule has 1 amide bonds. The van der Waals surface area contributed by atoms with Crippen molar-refractivity contribution in [3.8, 4) is 34.0 Å². The molecule has 3 aromatic carbocycles. The van der Waals surface area contributed by atoms with Crippen LogP contribution < -0.4 is 10.9 Å². The van der Waals surface area contributed by atoms with Crippen LogP contribution in [-0.2, 0) is 10.0 Å². The number of H-pyrrole nitrogens is 1. The van der Waals surface area contributed by atoms with Crippen molar-refractivity contribution in [3.63, 3.8) is 0 Å². The van der Waals surface area contributed by atoms with Crippen LogP contribution in [0.5, 0.6) is 11.5 Å². The van der Waals surface area contributed by atoms with E-state index in [0.717, 1.165) is 18.2 Å². The van der Waals surface area contributed by atoms with Gasteiger partial charge in [-0.1, -0.05) is 0 Å². The summed E-state index contributed by atoms with van der Waals surface area (Å²) in [7, 11) is -1.00. The van der Waals surface area contributed by atoms with Crippen LogP contribution in [0.4, 0.5) is 0 Å². The highest BCUT2D eigenvalue weighted by molar-refractivity contribution is 7.89. The van der Waals surface area contributed by atoms with Gasteiger partial charge in [-0.05, 0) is 48.5 Å². The van der Waals surface area contributed by atoms with E-state index in [4.69, 9.17) is 16.3 Å². The van der Waals surface area contributed by atoms with E-state index < -0.39 is 15.9 Å². The number of nitrogen functional groups attached to an aromatic ring is 1. The molecule has 4 rings (SSSR count). The summed E-state index contributed by atoms with van der Waals surface area (Å²) in [6, 6.07) is 11.1. The average molecular weight is 495 g/mol. The summed E-state index contributed by atoms with van der Waals surface area (Å²) in [6.45, 7) is 0. The SMILES string of the molecule is CN(C)C(=O)c1cc(-c2nc3cc(C(=N)N)ccc3[nH]2)c(O)c(-c2cc(S(N)(=O)=O)ccc2O)c1. The number of hydrogen-bond acceptors (Lipinski definition) is 7. The van der Waals surface area contributed by atoms with E-state index in [0.29, 0.717) is 16.6 Å². The highest BCUT2D eigenvalue weighted by Gasteiger charge is 2.23. The van der Waals surface area contributed by atoms with Crippen LogP contribution in [0.1, 0.15) is 15.9 Å². The minimum atomic E-state index is -4.11. The maximum absolute atomic E-state index is 12.8. The van der Waals surface area contributed by atoms with Gasteiger partial charge in [0.05, 0.1) is 21.5 Å². The molecular weight excluding hydrogens is 472 g/mol. The van der Waals surface area contributed by atoms with E-state index in [1.807, 2.05) is 0 Å². The van der Waals surface area contributed by atoms with Crippen molar-refractivity contribution in [2.45, 2.75) is 4.90 Å². The number of nitrogens with one attached hydrogen (secondary N) is 2. The molecule has 1 aromatic heterocycles. The fourth-order valence-corrected chi connectivity index (χ4v) is 4.15. The zero-order valence-electron chi connectivity index (χ0n) is 18.7. The van der Waals surface area contributed by atoms with Gasteiger partial charge >= 0.3 is 0 Å². The first-order valence-corrected chi connectivity index (χ1v) is 11.7. The Morgan fingerprint density at radius 2 is 1.69 bits per heavy atom. The van der Waals surface area contributed by atoms with Crippen molar-refractivity contribution in [1.29, 1.82) is 5.41 Å². The number of carbonyl (C=O) groups excluding carboxylic acids is 1. The van der Waals surface area contributed by atoms with Gasteiger partial charge in [-0.3, -0.25) is 10.2 Å². The summed E-state index contributed by atoms with van der Waals surface area (Å²) in [5.41, 5.74) is 7.32. The van der Waals surface area contributed by atoms with E-state index in [-0.39, 0.29) is 50.3 Å². The highest BCUT2D eigenvalue weighted by Crippen LogP contribution is 2.42. The number of aromatic nitrogens is 2. The minimum Gasteiger partial charge on any atom is -0.507 e. The van der Waals surface area contributed by atoms with Gasteiger partial charge in [0.25, 0.3) is 5.91 Å². The van der Waals surface area contributed by atoms with E-state index in [9.17, 15) is 23.4 Å². The molecule has 0 saturated heterocycles. The molecule has 180 valence electrons. The fourth-order valence-electron chi connectivity index (χ4n) is 3.61. The van der Waals surface area contributed by atoms with Gasteiger partial charge in [0.2, 0.25) is 10.0 Å². The number of phenolic OH excluding ortho intramolecular Hbond substituents is 2. The van der Waals surface area contributed by atoms with Crippen molar-refractivity contribution in [1.82, 2.24) is 14.9 Å². The second kappa shape index (κ2) is 8.42. The van der Waals surface area contributed by atoms with Gasteiger partial charge in [0.1, 0.15) is 23.2 Å². The number of primary sulfonamides is 1. The Morgan fingerprint density at radius 1 is 1.00 bits per heavy atom. The van der Waals surface area contributed by atoms with Crippen LogP contribution in [0.25, 0.3) is 33.5 Å². The van der Waals surface area contributed by atoms with Crippen LogP contribution >= 0.6 is 0 Å². The van der Waals surface area contributed by atoms with Gasteiger partial charge in [-0.2, -0.15) is 0 Å². The molecule has 12 heteroatoms. The minimum absolute atomic E-state index is 0.000538. The number of nitrogens with zero attached hydrogens (tertiary/aromatic N) is 2. The molecule has 0 spiro atoms. The molecule has 4 aromatic rings. The molecule has 0 radical (unpaired) electrons. The summed E-state index contributed by atoms with van der Waals surface area (Å²) >= 11 is 0. The van der Waals surface area contributed by atoms with Crippen molar-refractivity contribution in [2.24, 2.45) is 10.9 Å². The summed E-state index contributed by atoms with van der Waals surface area (Å²) < 4.78 is 23.7. The van der Waals surface area contributed by atoms with Crippen LogP contribution in [0, 0.1) is 5.41 Å². The summed E-state index contributed by atoms with van der Waals surface area (Å²) in [6.07, 6.45) is 0. The van der Waals surface area contributed by atoms with E-state index in [1.165, 1.54) is 17.0 Å². The van der Waals surface area contributed by atoms with Crippen LogP contribution in [-0.4, -0.2) is 59.3 Å². The van der Waals surface area contributed by atoms with Crippen molar-refractivity contribution >= 4 is 32.8 Å². The molecule has 0 aliphatic rings. The number of fused-ring (bicyclic) bond motifs is 1. The third kappa shape index (κ3) is 4.39. The lowest BCUT2D eigenvalue weighted by Crippen LogP contribution is -2.21. The third-order valence-corrected chi connectivity index (χ3v) is 6.31. The second-order valence-electron chi connectivity index (χ2n) is 8.07. The monoisotopic (exact) mass is 494 g/mol. The molecule has 1 heterocycles. The van der Waals surface area contributed by atoms with Crippen molar-refractivity contribution in [3.05, 3.63) is 59.7 Å². The molecule has 35 heavy (non-hydrogen) atoms. The third-order valence-electron chi connectivity index (χ3n) is 5.40. The van der Waals surface area contributed by atoms with Gasteiger partial charge in [0.15, 0.2) is 0 Å². The summed E-state index contributed by atoms with van der Waals surface area (Å²) in [5.74, 6) is -1.01.